The number of nitrogens with one attached hydrogen (secondary N) is 1. The van der Waals surface area contributed by atoms with Gasteiger partial charge in [-0.2, -0.15) is 0 Å². The quantitative estimate of drug-likeness (QED) is 0.104. The van der Waals surface area contributed by atoms with Crippen molar-refractivity contribution in [3.63, 3.8) is 0 Å². The standard InChI is InChI=1S/C44H8F20N4/c45-24-20(25(46)33(54)40(61)32(24)53)16-8-1-2-10(65-8)17(21-26(47)34(55)41(62)35(56)27(21)48)12-7-15-44(67-12)19(23-30(51)38(59)43(64)39(60)31(23)52)14-6-5-13(68(14)15)18(11-4-3-9(16)66-11)22-28(49)36(57)42(63)37(58)29(22)50/h1-7,65H. The molecule has 0 saturated heterocycles. The van der Waals surface area contributed by atoms with E-state index in [1.54, 1.807) is 0 Å². The van der Waals surface area contributed by atoms with Crippen LogP contribution in [-0.4, -0.2) is 20.8 Å². The Balaban J connectivity index is 1.49. The van der Waals surface area contributed by atoms with E-state index in [1.807, 2.05) is 0 Å². The molecule has 0 saturated carbocycles. The molecule has 344 valence electrons. The number of H-pyrrole nitrogens is 1. The van der Waals surface area contributed by atoms with E-state index in [4.69, 9.17) is 0 Å². The SMILES string of the molecule is Fc1c(F)c(F)c(C2=C3C=CC(=N3)C(c3c(F)c(F)c(F)c(F)c3F)=c3ccc([nH]3)=C(c3c(F)c(F)c(F)c(F)c3F)C3=Nc4c(-c5c(F)c(F)c(F)c(F)c5F)c5ccc2n5c4=C3)c(F)c1F. The van der Waals surface area contributed by atoms with Crippen LogP contribution < -0.4 is 16.0 Å². The van der Waals surface area contributed by atoms with Crippen LogP contribution in [0.3, 0.4) is 0 Å². The lowest BCUT2D eigenvalue weighted by Crippen LogP contribution is -2.24. The molecule has 10 rings (SSSR count). The number of benzene rings is 4. The molecule has 4 aromatic carbocycles. The molecular weight excluding hydrogens is 964 g/mol. The van der Waals surface area contributed by atoms with Crippen LogP contribution >= 0.6 is 0 Å². The van der Waals surface area contributed by atoms with Gasteiger partial charge in [0.15, 0.2) is 93.1 Å². The zero-order valence-electron chi connectivity index (χ0n) is 31.9. The normalized spacial score (nSPS) is 14.3. The van der Waals surface area contributed by atoms with Crippen molar-refractivity contribution in [1.82, 2.24) is 9.38 Å². The van der Waals surface area contributed by atoms with Crippen molar-refractivity contribution >= 4 is 45.4 Å². The van der Waals surface area contributed by atoms with Crippen molar-refractivity contribution in [2.24, 2.45) is 9.98 Å². The van der Waals surface area contributed by atoms with E-state index >= 15 is 52.7 Å². The van der Waals surface area contributed by atoms with Crippen molar-refractivity contribution in [2.45, 2.75) is 0 Å². The van der Waals surface area contributed by atoms with E-state index in [-0.39, 0.29) is 0 Å². The van der Waals surface area contributed by atoms with Gasteiger partial charge >= 0.3 is 0 Å². The van der Waals surface area contributed by atoms with E-state index < -0.39 is 211 Å². The average molecular weight is 973 g/mol. The molecule has 68 heavy (non-hydrogen) atoms. The van der Waals surface area contributed by atoms with E-state index in [0.29, 0.717) is 46.9 Å². The maximum Gasteiger partial charge on any atom is 0.200 e. The minimum Gasteiger partial charge on any atom is -0.354 e. The summed E-state index contributed by atoms with van der Waals surface area (Å²) in [7, 11) is 0. The van der Waals surface area contributed by atoms with Gasteiger partial charge in [0.25, 0.3) is 0 Å². The van der Waals surface area contributed by atoms with Gasteiger partial charge in [0.2, 0.25) is 23.3 Å². The first-order valence-electron chi connectivity index (χ1n) is 18.4. The largest absolute Gasteiger partial charge is 0.354 e. The molecule has 0 radical (unpaired) electrons. The molecule has 3 aliphatic rings. The number of halogens is 20. The third kappa shape index (κ3) is 5.65. The highest BCUT2D eigenvalue weighted by Gasteiger charge is 2.39. The summed E-state index contributed by atoms with van der Waals surface area (Å²) in [6.45, 7) is 0. The van der Waals surface area contributed by atoms with Crippen LogP contribution in [0.4, 0.5) is 93.5 Å². The van der Waals surface area contributed by atoms with Crippen LogP contribution in [-0.2, 0) is 0 Å². The Kier molecular flexibility index (Phi) is 9.56. The molecule has 0 atom stereocenters. The first-order chi connectivity index (χ1) is 32.1. The van der Waals surface area contributed by atoms with Gasteiger partial charge in [-0.25, -0.2) is 97.8 Å². The maximum atomic E-state index is 16.1. The van der Waals surface area contributed by atoms with Gasteiger partial charge in [0.05, 0.1) is 61.6 Å². The highest BCUT2D eigenvalue weighted by molar-refractivity contribution is 6.39. The summed E-state index contributed by atoms with van der Waals surface area (Å²) in [6, 6.07) is 2.66. The molecule has 0 amide bonds. The Morgan fingerprint density at radius 1 is 0.338 bits per heavy atom. The van der Waals surface area contributed by atoms with E-state index in [1.165, 1.54) is 0 Å². The molecule has 4 nitrogen and oxygen atoms in total. The third-order valence-corrected chi connectivity index (χ3v) is 11.1. The zero-order chi connectivity index (χ0) is 49.0. The molecule has 0 fully saturated rings. The molecule has 6 bridgehead atoms. The molecule has 3 aromatic heterocycles. The van der Waals surface area contributed by atoms with Gasteiger partial charge in [-0.15, -0.1) is 0 Å². The molecule has 7 aromatic rings. The van der Waals surface area contributed by atoms with Gasteiger partial charge in [0, 0.05) is 33.0 Å². The number of aromatic nitrogens is 2. The fourth-order valence-corrected chi connectivity index (χ4v) is 8.16. The second kappa shape index (κ2) is 14.8. The third-order valence-electron chi connectivity index (χ3n) is 11.1. The van der Waals surface area contributed by atoms with Crippen molar-refractivity contribution in [3.05, 3.63) is 197 Å². The van der Waals surface area contributed by atoms with Gasteiger partial charge in [-0.05, 0) is 42.5 Å². The lowest BCUT2D eigenvalue weighted by atomic mass is 9.98. The monoisotopic (exact) mass is 972 g/mol. The lowest BCUT2D eigenvalue weighted by molar-refractivity contribution is 0.376. The van der Waals surface area contributed by atoms with E-state index in [0.717, 1.165) is 0 Å². The number of aliphatic imine (C=N–C) groups is 2. The first kappa shape index (κ1) is 43.9. The smallest absolute Gasteiger partial charge is 0.200 e. The fourth-order valence-electron chi connectivity index (χ4n) is 8.16. The Labute approximate surface area is 360 Å². The number of allylic oxidation sites excluding steroid dienone is 2. The van der Waals surface area contributed by atoms with Crippen LogP contribution in [0.5, 0.6) is 0 Å². The second-order valence-corrected chi connectivity index (χ2v) is 14.6. The highest BCUT2D eigenvalue weighted by atomic mass is 19.2. The van der Waals surface area contributed by atoms with Crippen LogP contribution in [0.1, 0.15) is 22.4 Å². The van der Waals surface area contributed by atoms with Crippen molar-refractivity contribution in [2.75, 3.05) is 0 Å². The molecule has 1 N–H and O–H groups in total. The molecule has 3 aliphatic heterocycles. The van der Waals surface area contributed by atoms with Gasteiger partial charge in [0.1, 0.15) is 0 Å². The number of aromatic amines is 1. The number of fused-ring (bicyclic) bond motifs is 4. The number of nitrogens with zero attached hydrogens (tertiary/aromatic N) is 3. The minimum absolute atomic E-state index is 0.539. The maximum absolute atomic E-state index is 16.1. The summed E-state index contributed by atoms with van der Waals surface area (Å²) in [4.78, 5) is 10.3. The number of rotatable bonds is 4. The summed E-state index contributed by atoms with van der Waals surface area (Å²) in [5, 5.41) is -2.65. The summed E-state index contributed by atoms with van der Waals surface area (Å²) >= 11 is 0. The number of hydrogen-bond donors (Lipinski definition) is 1. The van der Waals surface area contributed by atoms with Crippen LogP contribution in [0.2, 0.25) is 0 Å². The molecular formula is C44H8F20N4. The van der Waals surface area contributed by atoms with Crippen LogP contribution in [0.25, 0.3) is 39.4 Å². The molecule has 0 unspecified atom stereocenters. The van der Waals surface area contributed by atoms with E-state index in [9.17, 15) is 35.1 Å². The van der Waals surface area contributed by atoms with Crippen LogP contribution in [0.15, 0.2) is 52.1 Å². The molecule has 24 heteroatoms. The first-order valence-corrected chi connectivity index (χ1v) is 18.4. The predicted octanol–water partition coefficient (Wildman–Crippen LogP) is 10.2. The van der Waals surface area contributed by atoms with Crippen LogP contribution in [0, 0.1) is 116 Å². The van der Waals surface area contributed by atoms with Crippen molar-refractivity contribution < 1.29 is 87.8 Å². The summed E-state index contributed by atoms with van der Waals surface area (Å²) < 4.78 is 305. The lowest BCUT2D eigenvalue weighted by Gasteiger charge is -2.15. The van der Waals surface area contributed by atoms with Crippen molar-refractivity contribution in [1.29, 1.82) is 0 Å². The van der Waals surface area contributed by atoms with Gasteiger partial charge in [-0.1, -0.05) is 0 Å². The summed E-state index contributed by atoms with van der Waals surface area (Å²) in [5.41, 5.74) is -18.5. The minimum atomic E-state index is -2.74. The Morgan fingerprint density at radius 2 is 0.706 bits per heavy atom. The van der Waals surface area contributed by atoms with Gasteiger partial charge < -0.3 is 9.38 Å². The molecule has 6 heterocycles. The summed E-state index contributed by atoms with van der Waals surface area (Å²) in [5.74, 6) is -52.8. The molecule has 0 aliphatic carbocycles. The Bertz CT molecular complexity index is 3790. The van der Waals surface area contributed by atoms with Gasteiger partial charge in [-0.3, -0.25) is 0 Å². The molecule has 0 spiro atoms. The fraction of sp³-hybridized carbons (Fsp3) is 0. The summed E-state index contributed by atoms with van der Waals surface area (Å²) in [6.07, 6.45) is 1.82. The van der Waals surface area contributed by atoms with E-state index in [2.05, 4.69) is 15.0 Å². The Hall–Kier alpha value is -7.92. The average Bonchev–Trinajstić information content (AvgIpc) is 4.18. The second-order valence-electron chi connectivity index (χ2n) is 14.6. The zero-order valence-corrected chi connectivity index (χ0v) is 31.9. The topological polar surface area (TPSA) is 44.9 Å². The Morgan fingerprint density at radius 3 is 1.13 bits per heavy atom. The van der Waals surface area contributed by atoms with Crippen molar-refractivity contribution in [3.8, 4) is 11.1 Å². The number of hydrogen-bond acceptors (Lipinski definition) is 2. The highest BCUT2D eigenvalue weighted by Crippen LogP contribution is 2.45. The predicted molar refractivity (Wildman–Crippen MR) is 196 cm³/mol.